The molecule has 11 heteroatoms. The van der Waals surface area contributed by atoms with Gasteiger partial charge in [0, 0.05) is 19.2 Å². The summed E-state index contributed by atoms with van der Waals surface area (Å²) in [7, 11) is -3.46. The highest BCUT2D eigenvalue weighted by Crippen LogP contribution is 2.33. The summed E-state index contributed by atoms with van der Waals surface area (Å²) < 4.78 is 29.5. The van der Waals surface area contributed by atoms with Gasteiger partial charge in [-0.1, -0.05) is 65.7 Å². The third-order valence-electron chi connectivity index (χ3n) is 6.09. The molecule has 202 valence electrons. The Hall–Kier alpha value is -2.62. The smallest absolute Gasteiger partial charge is 0.329 e. The van der Waals surface area contributed by atoms with E-state index in [4.69, 9.17) is 27.9 Å². The molecular formula is C27H27Cl3N2O5S. The molecule has 1 aliphatic rings. The molecule has 0 saturated heterocycles. The van der Waals surface area contributed by atoms with Gasteiger partial charge in [0.15, 0.2) is 9.84 Å². The Bertz CT molecular complexity index is 1430. The summed E-state index contributed by atoms with van der Waals surface area (Å²) in [6, 6.07) is 16.0. The van der Waals surface area contributed by atoms with Crippen LogP contribution in [0.1, 0.15) is 32.6 Å². The molecule has 0 unspecified atom stereocenters. The summed E-state index contributed by atoms with van der Waals surface area (Å²) >= 11 is 13.0. The van der Waals surface area contributed by atoms with Crippen molar-refractivity contribution in [2.75, 3.05) is 12.8 Å². The Balaban J connectivity index is 0.00000400. The van der Waals surface area contributed by atoms with Gasteiger partial charge in [-0.15, -0.1) is 12.4 Å². The Morgan fingerprint density at radius 1 is 1.05 bits per heavy atom. The molecule has 1 heterocycles. The topological polar surface area (TPSA) is 102 Å². The number of rotatable bonds is 8. The van der Waals surface area contributed by atoms with Gasteiger partial charge in [0.25, 0.3) is 5.91 Å². The first-order chi connectivity index (χ1) is 17.6. The molecule has 1 atom stereocenters. The summed E-state index contributed by atoms with van der Waals surface area (Å²) in [6.45, 7) is 1.34. The van der Waals surface area contributed by atoms with E-state index >= 15 is 0 Å². The maximum atomic E-state index is 13.4. The van der Waals surface area contributed by atoms with E-state index < -0.39 is 27.8 Å². The third kappa shape index (κ3) is 7.27. The van der Waals surface area contributed by atoms with Crippen LogP contribution in [0.5, 0.6) is 0 Å². The summed E-state index contributed by atoms with van der Waals surface area (Å²) in [5, 5.41) is 6.40. The number of sulfone groups is 1. The number of benzene rings is 3. The first-order valence-electron chi connectivity index (χ1n) is 11.6. The molecule has 1 amide bonds. The Morgan fingerprint density at radius 3 is 2.47 bits per heavy atom. The van der Waals surface area contributed by atoms with Crippen LogP contribution in [0.4, 0.5) is 0 Å². The zero-order chi connectivity index (χ0) is 26.6. The molecule has 0 aromatic heterocycles. The molecule has 0 saturated carbocycles. The van der Waals surface area contributed by atoms with Crippen molar-refractivity contribution in [2.24, 2.45) is 0 Å². The number of halogens is 3. The van der Waals surface area contributed by atoms with Gasteiger partial charge in [0.1, 0.15) is 12.6 Å². The monoisotopic (exact) mass is 596 g/mol. The lowest BCUT2D eigenvalue weighted by Crippen LogP contribution is -2.43. The van der Waals surface area contributed by atoms with Crippen molar-refractivity contribution >= 4 is 57.3 Å². The van der Waals surface area contributed by atoms with E-state index in [0.29, 0.717) is 18.5 Å². The molecule has 0 radical (unpaired) electrons. The standard InChI is InChI=1S/C27H26Cl2N2O5S.ClH/c1-37(34,35)20-9-5-8-18(12-20)13-23(27(33)36-16-17-6-3-2-4-7-17)31-26(32)24-22(28)14-19-15-30-11-10-21(19)25(24)29;/h2-9,12,14,23,30H,10-11,13,15-16H2,1H3,(H,31,32);1H/t23-;/m0./s1. The van der Waals surface area contributed by atoms with Crippen molar-refractivity contribution in [3.63, 3.8) is 0 Å². The number of ether oxygens (including phenoxy) is 1. The Morgan fingerprint density at radius 2 is 1.76 bits per heavy atom. The van der Waals surface area contributed by atoms with Crippen molar-refractivity contribution in [3.05, 3.63) is 98.5 Å². The van der Waals surface area contributed by atoms with Crippen LogP contribution >= 0.6 is 35.6 Å². The van der Waals surface area contributed by atoms with Gasteiger partial charge in [-0.2, -0.15) is 0 Å². The van der Waals surface area contributed by atoms with Crippen LogP contribution in [-0.2, 0) is 45.4 Å². The van der Waals surface area contributed by atoms with Gasteiger partial charge >= 0.3 is 5.97 Å². The number of nitrogens with one attached hydrogen (secondary N) is 2. The van der Waals surface area contributed by atoms with Crippen LogP contribution in [0.25, 0.3) is 0 Å². The number of fused-ring (bicyclic) bond motifs is 1. The second kappa shape index (κ2) is 13.0. The number of hydrogen-bond donors (Lipinski definition) is 2. The normalized spacial score (nSPS) is 13.6. The minimum Gasteiger partial charge on any atom is -0.459 e. The lowest BCUT2D eigenvalue weighted by Gasteiger charge is -2.23. The quantitative estimate of drug-likeness (QED) is 0.370. The molecular weight excluding hydrogens is 571 g/mol. The zero-order valence-corrected chi connectivity index (χ0v) is 23.6. The fraction of sp³-hybridized carbons (Fsp3) is 0.259. The van der Waals surface area contributed by atoms with E-state index in [2.05, 4.69) is 10.6 Å². The highest BCUT2D eigenvalue weighted by Gasteiger charge is 2.28. The molecule has 0 fully saturated rings. The minimum atomic E-state index is -3.46. The second-order valence-electron chi connectivity index (χ2n) is 8.85. The van der Waals surface area contributed by atoms with Gasteiger partial charge < -0.3 is 15.4 Å². The van der Waals surface area contributed by atoms with Crippen LogP contribution in [0.2, 0.25) is 10.0 Å². The van der Waals surface area contributed by atoms with E-state index in [1.54, 1.807) is 18.2 Å². The molecule has 0 spiro atoms. The second-order valence-corrected chi connectivity index (χ2v) is 11.7. The first kappa shape index (κ1) is 29.9. The van der Waals surface area contributed by atoms with E-state index in [1.807, 2.05) is 30.3 Å². The molecule has 0 aliphatic carbocycles. The highest BCUT2D eigenvalue weighted by molar-refractivity contribution is 7.90. The number of esters is 1. The van der Waals surface area contributed by atoms with Crippen LogP contribution in [0.15, 0.2) is 65.6 Å². The first-order valence-corrected chi connectivity index (χ1v) is 14.3. The lowest BCUT2D eigenvalue weighted by molar-refractivity contribution is -0.147. The SMILES string of the molecule is CS(=O)(=O)c1cccc(C[C@H](NC(=O)c2c(Cl)cc3c(c2Cl)CCNC3)C(=O)OCc2ccccc2)c1.Cl. The molecule has 1 aliphatic heterocycles. The summed E-state index contributed by atoms with van der Waals surface area (Å²) in [5.74, 6) is -1.28. The Labute approximate surface area is 238 Å². The minimum absolute atomic E-state index is 0. The van der Waals surface area contributed by atoms with Gasteiger partial charge in [0.05, 0.1) is 20.5 Å². The summed E-state index contributed by atoms with van der Waals surface area (Å²) in [4.78, 5) is 26.6. The Kier molecular flexibility index (Phi) is 10.2. The van der Waals surface area contributed by atoms with Gasteiger partial charge in [-0.05, 0) is 53.4 Å². The van der Waals surface area contributed by atoms with E-state index in [0.717, 1.165) is 29.5 Å². The molecule has 4 rings (SSSR count). The zero-order valence-electron chi connectivity index (χ0n) is 20.5. The predicted octanol–water partition coefficient (Wildman–Crippen LogP) is 4.55. The highest BCUT2D eigenvalue weighted by atomic mass is 35.5. The summed E-state index contributed by atoms with van der Waals surface area (Å²) in [5.41, 5.74) is 3.19. The average molecular weight is 598 g/mol. The summed E-state index contributed by atoms with van der Waals surface area (Å²) in [6.07, 6.45) is 1.76. The average Bonchev–Trinajstić information content (AvgIpc) is 2.87. The van der Waals surface area contributed by atoms with E-state index in [-0.39, 0.29) is 45.9 Å². The van der Waals surface area contributed by atoms with Gasteiger partial charge in [0.2, 0.25) is 0 Å². The largest absolute Gasteiger partial charge is 0.459 e. The van der Waals surface area contributed by atoms with Crippen molar-refractivity contribution in [1.82, 2.24) is 10.6 Å². The van der Waals surface area contributed by atoms with Crippen molar-refractivity contribution in [2.45, 2.75) is 36.9 Å². The van der Waals surface area contributed by atoms with E-state index in [9.17, 15) is 18.0 Å². The lowest BCUT2D eigenvalue weighted by atomic mass is 9.97. The predicted molar refractivity (Wildman–Crippen MR) is 150 cm³/mol. The molecule has 3 aromatic rings. The fourth-order valence-corrected chi connectivity index (χ4v) is 5.63. The molecule has 2 N–H and O–H groups in total. The van der Waals surface area contributed by atoms with Gasteiger partial charge in [-0.3, -0.25) is 4.79 Å². The van der Waals surface area contributed by atoms with Crippen LogP contribution in [0.3, 0.4) is 0 Å². The molecule has 38 heavy (non-hydrogen) atoms. The van der Waals surface area contributed by atoms with Gasteiger partial charge in [-0.25, -0.2) is 13.2 Å². The third-order valence-corrected chi connectivity index (χ3v) is 7.91. The number of amides is 1. The van der Waals surface area contributed by atoms with Crippen molar-refractivity contribution < 1.29 is 22.7 Å². The number of carbonyl (C=O) groups excluding carboxylic acids is 2. The molecule has 0 bridgehead atoms. The van der Waals surface area contributed by atoms with Crippen LogP contribution < -0.4 is 10.6 Å². The van der Waals surface area contributed by atoms with Crippen LogP contribution in [-0.4, -0.2) is 39.1 Å². The molecule has 3 aromatic carbocycles. The van der Waals surface area contributed by atoms with Crippen molar-refractivity contribution in [1.29, 1.82) is 0 Å². The maximum absolute atomic E-state index is 13.4. The van der Waals surface area contributed by atoms with Crippen LogP contribution in [0, 0.1) is 0 Å². The van der Waals surface area contributed by atoms with E-state index in [1.165, 1.54) is 12.1 Å². The fourth-order valence-electron chi connectivity index (χ4n) is 4.17. The molecule has 7 nitrogen and oxygen atoms in total. The maximum Gasteiger partial charge on any atom is 0.329 e. The number of carbonyl (C=O) groups is 2. The van der Waals surface area contributed by atoms with Crippen molar-refractivity contribution in [3.8, 4) is 0 Å². The number of hydrogen-bond acceptors (Lipinski definition) is 6.